The maximum atomic E-state index is 10.8. The number of carbonyl (C=O) groups is 1. The van der Waals surface area contributed by atoms with Gasteiger partial charge in [0.1, 0.15) is 0 Å². The number of carboxylic acid groups (broad SMARTS) is 1. The van der Waals surface area contributed by atoms with E-state index < -0.39 is 11.7 Å². The van der Waals surface area contributed by atoms with Crippen LogP contribution in [0.2, 0.25) is 0 Å². The quantitative estimate of drug-likeness (QED) is 0.693. The van der Waals surface area contributed by atoms with Gasteiger partial charge in [0.25, 0.3) is 0 Å². The van der Waals surface area contributed by atoms with E-state index in [0.29, 0.717) is 5.56 Å². The third-order valence-electron chi connectivity index (χ3n) is 1.38. The molecule has 0 spiro atoms. The number of carboxylic acids is 1. The molecule has 0 atom stereocenters. The van der Waals surface area contributed by atoms with Gasteiger partial charge in [-0.25, -0.2) is 0 Å². The smallest absolute Gasteiger partial charge is 0.307 e. The van der Waals surface area contributed by atoms with Gasteiger partial charge in [0, 0.05) is 0 Å². The predicted molar refractivity (Wildman–Crippen MR) is 39.6 cm³/mol. The van der Waals surface area contributed by atoms with Gasteiger partial charge in [-0.05, 0) is 17.7 Å². The molecule has 0 fully saturated rings. The lowest BCUT2D eigenvalue weighted by Crippen LogP contribution is -1.99. The Bertz CT molecular complexity index is 306. The van der Waals surface area contributed by atoms with E-state index in [-0.39, 0.29) is 12.2 Å². The van der Waals surface area contributed by atoms with Crippen molar-refractivity contribution in [2.24, 2.45) is 0 Å². The molecule has 0 aromatic heterocycles. The molecule has 4 heteroatoms. The number of aliphatic carboxylic acids is 1. The second kappa shape index (κ2) is 3.13. The van der Waals surface area contributed by atoms with Crippen LogP contribution in [-0.2, 0) is 16.3 Å². The van der Waals surface area contributed by atoms with Gasteiger partial charge in [0.05, 0.1) is 6.42 Å². The third-order valence-corrected chi connectivity index (χ3v) is 1.38. The minimum atomic E-state index is -1.000. The van der Waals surface area contributed by atoms with Crippen LogP contribution >= 0.6 is 0 Å². The highest BCUT2D eigenvalue weighted by Crippen LogP contribution is 2.25. The number of phenolic OH excluding ortho intramolecular Hbond substituents is 1. The summed E-state index contributed by atoms with van der Waals surface area (Å²) in [6.45, 7) is 0. The highest BCUT2D eigenvalue weighted by molar-refractivity contribution is 5.70. The van der Waals surface area contributed by atoms with Crippen LogP contribution in [0.1, 0.15) is 5.56 Å². The van der Waals surface area contributed by atoms with E-state index in [4.69, 9.17) is 10.2 Å². The molecule has 0 aliphatic heterocycles. The maximum absolute atomic E-state index is 10.8. The highest BCUT2D eigenvalue weighted by Gasteiger charge is 2.05. The number of benzene rings is 1. The third kappa shape index (κ3) is 1.88. The van der Waals surface area contributed by atoms with Crippen molar-refractivity contribution in [2.75, 3.05) is 0 Å². The SMILES string of the molecule is [O]c1cc(CC(=O)O)ccc1O. The molecule has 0 saturated carbocycles. The average Bonchev–Trinajstić information content (AvgIpc) is 1.96. The van der Waals surface area contributed by atoms with Gasteiger partial charge in [-0.2, -0.15) is 0 Å². The molecular weight excluding hydrogens is 160 g/mol. The Kier molecular flexibility index (Phi) is 2.19. The summed E-state index contributed by atoms with van der Waals surface area (Å²) in [5.41, 5.74) is 0.394. The molecule has 12 heavy (non-hydrogen) atoms. The Morgan fingerprint density at radius 3 is 2.58 bits per heavy atom. The number of hydrogen-bond donors (Lipinski definition) is 2. The maximum Gasteiger partial charge on any atom is 0.307 e. The molecule has 2 N–H and O–H groups in total. The predicted octanol–water partition coefficient (Wildman–Crippen LogP) is 1.16. The first-order valence-electron chi connectivity index (χ1n) is 3.30. The van der Waals surface area contributed by atoms with Gasteiger partial charge in [-0.15, -0.1) is 0 Å². The van der Waals surface area contributed by atoms with E-state index in [1.165, 1.54) is 12.1 Å². The minimum Gasteiger partial charge on any atom is -0.504 e. The van der Waals surface area contributed by atoms with Gasteiger partial charge >= 0.3 is 5.97 Å². The highest BCUT2D eigenvalue weighted by atomic mass is 16.4. The fourth-order valence-electron chi connectivity index (χ4n) is 0.843. The molecule has 0 bridgehead atoms. The zero-order chi connectivity index (χ0) is 9.14. The molecular formula is C8H7O4. The van der Waals surface area contributed by atoms with Gasteiger partial charge in [0.2, 0.25) is 5.75 Å². The Labute approximate surface area is 68.7 Å². The number of aromatic hydroxyl groups is 1. The molecule has 0 amide bonds. The van der Waals surface area contributed by atoms with Gasteiger partial charge in [0.15, 0.2) is 5.75 Å². The van der Waals surface area contributed by atoms with E-state index in [2.05, 4.69) is 0 Å². The largest absolute Gasteiger partial charge is 0.504 e. The van der Waals surface area contributed by atoms with Crippen molar-refractivity contribution in [3.63, 3.8) is 0 Å². The van der Waals surface area contributed by atoms with E-state index in [1.54, 1.807) is 0 Å². The molecule has 1 rings (SSSR count). The monoisotopic (exact) mass is 167 g/mol. The van der Waals surface area contributed by atoms with E-state index in [9.17, 15) is 9.90 Å². The van der Waals surface area contributed by atoms with Crippen LogP contribution in [-0.4, -0.2) is 16.2 Å². The van der Waals surface area contributed by atoms with Crippen LogP contribution < -0.4 is 0 Å². The summed E-state index contributed by atoms with van der Waals surface area (Å²) in [7, 11) is 0. The lowest BCUT2D eigenvalue weighted by molar-refractivity contribution is -0.136. The normalized spacial score (nSPS) is 9.67. The Morgan fingerprint density at radius 1 is 1.42 bits per heavy atom. The van der Waals surface area contributed by atoms with Crippen LogP contribution in [0.3, 0.4) is 0 Å². The van der Waals surface area contributed by atoms with Gasteiger partial charge < -0.3 is 10.2 Å². The van der Waals surface area contributed by atoms with Crippen molar-refractivity contribution in [2.45, 2.75) is 6.42 Å². The molecule has 1 radical (unpaired) electrons. The molecule has 1 aromatic rings. The number of hydrogen-bond acceptors (Lipinski definition) is 2. The van der Waals surface area contributed by atoms with E-state index in [0.717, 1.165) is 6.07 Å². The number of rotatable bonds is 2. The van der Waals surface area contributed by atoms with Crippen LogP contribution in [0.5, 0.6) is 11.5 Å². The molecule has 0 aliphatic rings. The first-order chi connectivity index (χ1) is 5.59. The van der Waals surface area contributed by atoms with Crippen molar-refractivity contribution < 1.29 is 20.1 Å². The summed E-state index contributed by atoms with van der Waals surface area (Å²) in [4.78, 5) is 10.2. The van der Waals surface area contributed by atoms with Crippen molar-refractivity contribution in [3.8, 4) is 11.5 Å². The Hall–Kier alpha value is -1.71. The second-order valence-corrected chi connectivity index (χ2v) is 2.37. The second-order valence-electron chi connectivity index (χ2n) is 2.37. The first kappa shape index (κ1) is 8.39. The lowest BCUT2D eigenvalue weighted by atomic mass is 10.1. The lowest BCUT2D eigenvalue weighted by Gasteiger charge is -1.97. The van der Waals surface area contributed by atoms with E-state index in [1.807, 2.05) is 0 Å². The Morgan fingerprint density at radius 2 is 2.08 bits per heavy atom. The van der Waals surface area contributed by atoms with Crippen molar-refractivity contribution in [3.05, 3.63) is 23.8 Å². The summed E-state index contributed by atoms with van der Waals surface area (Å²) in [6.07, 6.45) is -0.199. The average molecular weight is 167 g/mol. The summed E-state index contributed by atoms with van der Waals surface area (Å²) in [5, 5.41) is 28.0. The molecule has 0 aliphatic carbocycles. The zero-order valence-corrected chi connectivity index (χ0v) is 6.15. The standard InChI is InChI=1S/C8H7O4/c9-6-2-1-5(3-7(6)10)4-8(11)12/h1-3,9H,4H2,(H,11,12). The molecule has 4 nitrogen and oxygen atoms in total. The molecule has 1 aromatic carbocycles. The Balaban J connectivity index is 2.89. The summed E-state index contributed by atoms with van der Waals surface area (Å²) in [6, 6.07) is 3.72. The summed E-state index contributed by atoms with van der Waals surface area (Å²) >= 11 is 0. The first-order valence-corrected chi connectivity index (χ1v) is 3.30. The topological polar surface area (TPSA) is 77.4 Å². The van der Waals surface area contributed by atoms with Crippen LogP contribution in [0, 0.1) is 0 Å². The zero-order valence-electron chi connectivity index (χ0n) is 6.15. The summed E-state index contributed by atoms with van der Waals surface area (Å²) in [5.74, 6) is -1.90. The number of phenols is 1. The van der Waals surface area contributed by atoms with Crippen molar-refractivity contribution >= 4 is 5.97 Å². The van der Waals surface area contributed by atoms with E-state index >= 15 is 0 Å². The van der Waals surface area contributed by atoms with Gasteiger partial charge in [-0.1, -0.05) is 6.07 Å². The summed E-state index contributed by atoms with van der Waals surface area (Å²) < 4.78 is 0. The van der Waals surface area contributed by atoms with Crippen molar-refractivity contribution in [1.29, 1.82) is 0 Å². The molecule has 0 heterocycles. The fraction of sp³-hybridized carbons (Fsp3) is 0.125. The molecule has 0 saturated heterocycles. The van der Waals surface area contributed by atoms with Crippen molar-refractivity contribution in [1.82, 2.24) is 0 Å². The fourth-order valence-corrected chi connectivity index (χ4v) is 0.843. The van der Waals surface area contributed by atoms with Crippen LogP contribution in [0.25, 0.3) is 0 Å². The minimum absolute atomic E-state index is 0.199. The van der Waals surface area contributed by atoms with Crippen LogP contribution in [0.4, 0.5) is 0 Å². The van der Waals surface area contributed by atoms with Gasteiger partial charge in [-0.3, -0.25) is 9.90 Å². The molecule has 0 unspecified atom stereocenters. The van der Waals surface area contributed by atoms with Crippen LogP contribution in [0.15, 0.2) is 18.2 Å². The molecule has 63 valence electrons.